The van der Waals surface area contributed by atoms with Crippen LogP contribution in [0.3, 0.4) is 0 Å². The van der Waals surface area contributed by atoms with Gasteiger partial charge in [-0.15, -0.1) is 0 Å². The van der Waals surface area contributed by atoms with Crippen LogP contribution in [-0.4, -0.2) is 26.3 Å². The third-order valence-electron chi connectivity index (χ3n) is 4.09. The number of carbonyl (C=O) groups excluding carboxylic acids is 1. The van der Waals surface area contributed by atoms with E-state index in [1.807, 2.05) is 18.2 Å². The number of aromatic nitrogens is 4. The molecular weight excluding hydrogens is 302 g/mol. The first kappa shape index (κ1) is 15.9. The smallest absolute Gasteiger partial charge is 0.274 e. The maximum Gasteiger partial charge on any atom is 0.274 e. The van der Waals surface area contributed by atoms with Gasteiger partial charge < -0.3 is 5.32 Å². The van der Waals surface area contributed by atoms with E-state index in [-0.39, 0.29) is 11.9 Å². The van der Waals surface area contributed by atoms with Gasteiger partial charge in [0.1, 0.15) is 0 Å². The van der Waals surface area contributed by atoms with Crippen molar-refractivity contribution in [1.82, 2.24) is 25.7 Å². The number of aryl methyl sites for hydroxylation is 3. The van der Waals surface area contributed by atoms with E-state index in [0.29, 0.717) is 11.4 Å². The summed E-state index contributed by atoms with van der Waals surface area (Å²) >= 11 is 0. The summed E-state index contributed by atoms with van der Waals surface area (Å²) in [5.41, 5.74) is 5.16. The molecule has 6 nitrogen and oxygen atoms in total. The van der Waals surface area contributed by atoms with Crippen LogP contribution < -0.4 is 5.32 Å². The first-order valence-corrected chi connectivity index (χ1v) is 7.71. The van der Waals surface area contributed by atoms with Crippen molar-refractivity contribution < 1.29 is 4.79 Å². The second-order valence-corrected chi connectivity index (χ2v) is 5.79. The van der Waals surface area contributed by atoms with Gasteiger partial charge in [0, 0.05) is 12.4 Å². The van der Waals surface area contributed by atoms with Gasteiger partial charge in [0.15, 0.2) is 5.69 Å². The van der Waals surface area contributed by atoms with Crippen molar-refractivity contribution in [1.29, 1.82) is 0 Å². The molecule has 1 amide bonds. The van der Waals surface area contributed by atoms with Crippen LogP contribution in [-0.2, 0) is 0 Å². The number of rotatable bonds is 4. The molecule has 2 N–H and O–H groups in total. The van der Waals surface area contributed by atoms with Crippen LogP contribution in [0, 0.1) is 20.8 Å². The number of nitrogens with zero attached hydrogens (tertiary/aromatic N) is 3. The molecule has 122 valence electrons. The second kappa shape index (κ2) is 6.62. The van der Waals surface area contributed by atoms with E-state index in [1.54, 1.807) is 19.3 Å². The highest BCUT2D eigenvalue weighted by Crippen LogP contribution is 2.24. The average molecular weight is 321 g/mol. The van der Waals surface area contributed by atoms with Gasteiger partial charge in [0.2, 0.25) is 0 Å². The number of carbonyl (C=O) groups is 1. The first-order valence-electron chi connectivity index (χ1n) is 7.71. The Labute approximate surface area is 140 Å². The summed E-state index contributed by atoms with van der Waals surface area (Å²) in [6, 6.07) is 9.67. The standard InChI is InChI=1S/C18H19N5O/c1-11-6-7-14(9-12(11)2)17(15-5-4-8-19-10-15)20-18(24)16-13(3)21-23-22-16/h4-10,17H,1-3H3,(H,20,24)(H,21,22,23)/t17-/m1/s1. The number of nitrogens with one attached hydrogen (secondary N) is 2. The minimum atomic E-state index is -0.304. The van der Waals surface area contributed by atoms with Gasteiger partial charge >= 0.3 is 0 Å². The van der Waals surface area contributed by atoms with Crippen LogP contribution in [0.15, 0.2) is 42.7 Å². The maximum absolute atomic E-state index is 12.6. The number of pyridine rings is 1. The Morgan fingerprint density at radius 3 is 2.54 bits per heavy atom. The van der Waals surface area contributed by atoms with Gasteiger partial charge in [-0.2, -0.15) is 15.4 Å². The molecule has 24 heavy (non-hydrogen) atoms. The van der Waals surface area contributed by atoms with E-state index in [9.17, 15) is 4.79 Å². The van der Waals surface area contributed by atoms with Crippen molar-refractivity contribution in [3.63, 3.8) is 0 Å². The Hall–Kier alpha value is -3.02. The van der Waals surface area contributed by atoms with Gasteiger partial charge in [-0.25, -0.2) is 0 Å². The Bertz CT molecular complexity index is 857. The van der Waals surface area contributed by atoms with Gasteiger partial charge in [-0.3, -0.25) is 9.78 Å². The highest BCUT2D eigenvalue weighted by atomic mass is 16.2. The fraction of sp³-hybridized carbons (Fsp3) is 0.222. The molecule has 1 atom stereocenters. The molecule has 0 spiro atoms. The number of aromatic amines is 1. The third kappa shape index (κ3) is 3.17. The zero-order chi connectivity index (χ0) is 17.1. The predicted molar refractivity (Wildman–Crippen MR) is 90.6 cm³/mol. The third-order valence-corrected chi connectivity index (χ3v) is 4.09. The van der Waals surface area contributed by atoms with Crippen molar-refractivity contribution in [3.05, 3.63) is 76.4 Å². The SMILES string of the molecule is Cc1ccc([C@@H](NC(=O)c2n[nH]nc2C)c2cccnc2)cc1C. The molecule has 0 aliphatic heterocycles. The van der Waals surface area contributed by atoms with E-state index in [1.165, 1.54) is 11.1 Å². The van der Waals surface area contributed by atoms with Gasteiger partial charge in [0.05, 0.1) is 11.7 Å². The Kier molecular flexibility index (Phi) is 4.37. The molecule has 1 aromatic carbocycles. The van der Waals surface area contributed by atoms with Crippen molar-refractivity contribution in [3.8, 4) is 0 Å². The molecular formula is C18H19N5O. The van der Waals surface area contributed by atoms with E-state index < -0.39 is 0 Å². The van der Waals surface area contributed by atoms with Crippen LogP contribution in [0.4, 0.5) is 0 Å². The lowest BCUT2D eigenvalue weighted by atomic mass is 9.96. The summed E-state index contributed by atoms with van der Waals surface area (Å²) < 4.78 is 0. The van der Waals surface area contributed by atoms with Gasteiger partial charge in [0.25, 0.3) is 5.91 Å². The summed E-state index contributed by atoms with van der Waals surface area (Å²) in [6.07, 6.45) is 3.47. The number of amides is 1. The Morgan fingerprint density at radius 2 is 1.92 bits per heavy atom. The zero-order valence-electron chi connectivity index (χ0n) is 13.9. The highest BCUT2D eigenvalue weighted by molar-refractivity contribution is 5.93. The first-order chi connectivity index (χ1) is 11.6. The van der Waals surface area contributed by atoms with E-state index in [4.69, 9.17) is 0 Å². The fourth-order valence-electron chi connectivity index (χ4n) is 2.55. The zero-order valence-corrected chi connectivity index (χ0v) is 13.9. The molecule has 3 aromatic rings. The fourth-order valence-corrected chi connectivity index (χ4v) is 2.55. The number of H-pyrrole nitrogens is 1. The second-order valence-electron chi connectivity index (χ2n) is 5.79. The molecule has 2 heterocycles. The van der Waals surface area contributed by atoms with E-state index in [0.717, 1.165) is 11.1 Å². The van der Waals surface area contributed by atoms with Crippen molar-refractivity contribution in [2.45, 2.75) is 26.8 Å². The highest BCUT2D eigenvalue weighted by Gasteiger charge is 2.21. The molecule has 0 aliphatic carbocycles. The van der Waals surface area contributed by atoms with Crippen molar-refractivity contribution in [2.75, 3.05) is 0 Å². The van der Waals surface area contributed by atoms with Crippen molar-refractivity contribution in [2.24, 2.45) is 0 Å². The lowest BCUT2D eigenvalue weighted by molar-refractivity contribution is 0.0937. The largest absolute Gasteiger partial charge is 0.340 e. The average Bonchev–Trinajstić information content (AvgIpc) is 3.02. The molecule has 0 aliphatic rings. The summed E-state index contributed by atoms with van der Waals surface area (Å²) in [4.78, 5) is 16.8. The number of benzene rings is 1. The summed E-state index contributed by atoms with van der Waals surface area (Å²) in [6.45, 7) is 5.87. The molecule has 0 saturated heterocycles. The molecule has 0 fully saturated rings. The molecule has 3 rings (SSSR count). The minimum absolute atomic E-state index is 0.270. The lowest BCUT2D eigenvalue weighted by Gasteiger charge is -2.20. The van der Waals surface area contributed by atoms with Crippen LogP contribution in [0.25, 0.3) is 0 Å². The van der Waals surface area contributed by atoms with E-state index >= 15 is 0 Å². The topological polar surface area (TPSA) is 83.6 Å². The van der Waals surface area contributed by atoms with Gasteiger partial charge in [-0.1, -0.05) is 24.3 Å². The maximum atomic E-state index is 12.6. The number of hydrogen-bond acceptors (Lipinski definition) is 4. The number of hydrogen-bond donors (Lipinski definition) is 2. The summed E-state index contributed by atoms with van der Waals surface area (Å²) in [5, 5.41) is 13.3. The molecule has 0 saturated carbocycles. The Balaban J connectivity index is 1.98. The Morgan fingerprint density at radius 1 is 1.08 bits per heavy atom. The van der Waals surface area contributed by atoms with E-state index in [2.05, 4.69) is 51.7 Å². The molecule has 0 radical (unpaired) electrons. The van der Waals surface area contributed by atoms with Crippen LogP contribution >= 0.6 is 0 Å². The molecule has 6 heteroatoms. The predicted octanol–water partition coefficient (Wildman–Crippen LogP) is 2.64. The normalized spacial score (nSPS) is 12.0. The quantitative estimate of drug-likeness (QED) is 0.774. The minimum Gasteiger partial charge on any atom is -0.340 e. The molecule has 2 aromatic heterocycles. The lowest BCUT2D eigenvalue weighted by Crippen LogP contribution is -2.30. The van der Waals surface area contributed by atoms with Crippen LogP contribution in [0.5, 0.6) is 0 Å². The van der Waals surface area contributed by atoms with Crippen molar-refractivity contribution >= 4 is 5.91 Å². The van der Waals surface area contributed by atoms with Crippen LogP contribution in [0.2, 0.25) is 0 Å². The molecule has 0 bridgehead atoms. The summed E-state index contributed by atoms with van der Waals surface area (Å²) in [5.74, 6) is -0.270. The monoisotopic (exact) mass is 321 g/mol. The van der Waals surface area contributed by atoms with Crippen LogP contribution in [0.1, 0.15) is 44.5 Å². The molecule has 0 unspecified atom stereocenters. The van der Waals surface area contributed by atoms with Gasteiger partial charge in [-0.05, 0) is 49.1 Å². The summed E-state index contributed by atoms with van der Waals surface area (Å²) in [7, 11) is 0.